The molecule has 108 valence electrons. The number of aromatic nitrogens is 3. The molecule has 2 aromatic carbocycles. The van der Waals surface area contributed by atoms with Crippen molar-refractivity contribution >= 4 is 26.3 Å². The molecule has 6 nitrogen and oxygen atoms in total. The SMILES string of the molecule is CN(C)c1cccc2c(S(=O)(=O)c3cn[nH]n3)cccc12. The van der Waals surface area contributed by atoms with E-state index in [4.69, 9.17) is 0 Å². The Morgan fingerprint density at radius 1 is 1.05 bits per heavy atom. The van der Waals surface area contributed by atoms with Crippen molar-refractivity contribution in [2.24, 2.45) is 0 Å². The third-order valence-electron chi connectivity index (χ3n) is 3.30. The Morgan fingerprint density at radius 2 is 1.76 bits per heavy atom. The first kappa shape index (κ1) is 13.6. The number of fused-ring (bicyclic) bond motifs is 1. The predicted octanol–water partition coefficient (Wildman–Crippen LogP) is 1.86. The van der Waals surface area contributed by atoms with E-state index in [1.807, 2.05) is 37.2 Å². The summed E-state index contributed by atoms with van der Waals surface area (Å²) in [5, 5.41) is 11.1. The molecule has 0 aliphatic rings. The number of aromatic amines is 1. The maximum absolute atomic E-state index is 12.7. The Morgan fingerprint density at radius 3 is 2.43 bits per heavy atom. The van der Waals surface area contributed by atoms with Crippen LogP contribution in [0.2, 0.25) is 0 Å². The van der Waals surface area contributed by atoms with E-state index in [0.717, 1.165) is 11.1 Å². The van der Waals surface area contributed by atoms with Crippen LogP contribution in [0.25, 0.3) is 10.8 Å². The molecule has 7 heteroatoms. The second-order valence-electron chi connectivity index (χ2n) is 4.83. The molecule has 0 amide bonds. The fourth-order valence-electron chi connectivity index (χ4n) is 2.32. The van der Waals surface area contributed by atoms with Gasteiger partial charge in [0.1, 0.15) is 0 Å². The van der Waals surface area contributed by atoms with E-state index in [1.54, 1.807) is 18.2 Å². The van der Waals surface area contributed by atoms with E-state index in [1.165, 1.54) is 6.20 Å². The van der Waals surface area contributed by atoms with E-state index in [0.29, 0.717) is 5.39 Å². The zero-order valence-corrected chi connectivity index (χ0v) is 12.4. The van der Waals surface area contributed by atoms with E-state index in [-0.39, 0.29) is 9.92 Å². The van der Waals surface area contributed by atoms with Crippen LogP contribution in [-0.4, -0.2) is 37.9 Å². The van der Waals surface area contributed by atoms with Gasteiger partial charge in [-0.1, -0.05) is 24.3 Å². The van der Waals surface area contributed by atoms with Crippen molar-refractivity contribution in [3.63, 3.8) is 0 Å². The topological polar surface area (TPSA) is 79.0 Å². The summed E-state index contributed by atoms with van der Waals surface area (Å²) in [6.07, 6.45) is 1.21. The Balaban J connectivity index is 2.33. The van der Waals surface area contributed by atoms with Crippen LogP contribution >= 0.6 is 0 Å². The summed E-state index contributed by atoms with van der Waals surface area (Å²) in [5.41, 5.74) is 0.963. The minimum Gasteiger partial charge on any atom is -0.377 e. The summed E-state index contributed by atoms with van der Waals surface area (Å²) in [5.74, 6) is 0. The summed E-state index contributed by atoms with van der Waals surface area (Å²) in [6, 6.07) is 10.8. The molecule has 0 bridgehead atoms. The summed E-state index contributed by atoms with van der Waals surface area (Å²) in [4.78, 5) is 2.19. The molecular weight excluding hydrogens is 288 g/mol. The summed E-state index contributed by atoms with van der Waals surface area (Å²) in [7, 11) is 0.160. The molecule has 1 N–H and O–H groups in total. The van der Waals surface area contributed by atoms with Crippen LogP contribution in [0.3, 0.4) is 0 Å². The summed E-state index contributed by atoms with van der Waals surface area (Å²) < 4.78 is 25.3. The van der Waals surface area contributed by atoms with Gasteiger partial charge in [-0.15, -0.1) is 5.10 Å². The third kappa shape index (κ3) is 2.15. The van der Waals surface area contributed by atoms with Gasteiger partial charge in [0.25, 0.3) is 0 Å². The highest BCUT2D eigenvalue weighted by molar-refractivity contribution is 7.91. The lowest BCUT2D eigenvalue weighted by Crippen LogP contribution is -2.09. The molecule has 0 radical (unpaired) electrons. The Hall–Kier alpha value is -2.41. The molecule has 1 aromatic heterocycles. The lowest BCUT2D eigenvalue weighted by Gasteiger charge is -2.16. The van der Waals surface area contributed by atoms with Crippen molar-refractivity contribution in [2.45, 2.75) is 9.92 Å². The standard InChI is InChI=1S/C14H14N4O2S/c1-18(2)12-7-3-6-11-10(12)5-4-8-13(11)21(19,20)14-9-15-17-16-14/h3-9H,1-2H3,(H,15,16,17). The fourth-order valence-corrected chi connectivity index (χ4v) is 3.63. The molecule has 0 spiro atoms. The Kier molecular flexibility index (Phi) is 3.13. The van der Waals surface area contributed by atoms with Gasteiger partial charge >= 0.3 is 0 Å². The van der Waals surface area contributed by atoms with Crippen molar-refractivity contribution < 1.29 is 8.42 Å². The molecule has 0 aliphatic heterocycles. The van der Waals surface area contributed by atoms with Gasteiger partial charge in [0.2, 0.25) is 14.9 Å². The van der Waals surface area contributed by atoms with Gasteiger partial charge in [0.05, 0.1) is 11.1 Å². The summed E-state index contributed by atoms with van der Waals surface area (Å²) >= 11 is 0. The number of benzene rings is 2. The van der Waals surface area contributed by atoms with Gasteiger partial charge < -0.3 is 4.90 Å². The monoisotopic (exact) mass is 302 g/mol. The van der Waals surface area contributed by atoms with Crippen LogP contribution in [0.15, 0.2) is 52.5 Å². The predicted molar refractivity (Wildman–Crippen MR) is 80.1 cm³/mol. The quantitative estimate of drug-likeness (QED) is 0.799. The van der Waals surface area contributed by atoms with E-state index in [9.17, 15) is 8.42 Å². The van der Waals surface area contributed by atoms with Crippen molar-refractivity contribution in [1.29, 1.82) is 0 Å². The van der Waals surface area contributed by atoms with Gasteiger partial charge in [-0.2, -0.15) is 10.3 Å². The Labute approximate surface area is 122 Å². The van der Waals surface area contributed by atoms with Crippen LogP contribution in [0.1, 0.15) is 0 Å². The van der Waals surface area contributed by atoms with Crippen LogP contribution in [-0.2, 0) is 9.84 Å². The molecule has 3 rings (SSSR count). The van der Waals surface area contributed by atoms with Gasteiger partial charge in [-0.25, -0.2) is 8.42 Å². The van der Waals surface area contributed by atoms with E-state index in [2.05, 4.69) is 15.4 Å². The van der Waals surface area contributed by atoms with Crippen molar-refractivity contribution in [2.75, 3.05) is 19.0 Å². The van der Waals surface area contributed by atoms with E-state index >= 15 is 0 Å². The first-order chi connectivity index (χ1) is 10.0. The van der Waals surface area contributed by atoms with Gasteiger partial charge in [0, 0.05) is 30.6 Å². The van der Waals surface area contributed by atoms with Crippen LogP contribution in [0.5, 0.6) is 0 Å². The second kappa shape index (κ2) is 4.85. The van der Waals surface area contributed by atoms with Gasteiger partial charge in [0.15, 0.2) is 0 Å². The molecule has 0 aliphatic carbocycles. The highest BCUT2D eigenvalue weighted by Gasteiger charge is 2.23. The molecular formula is C14H14N4O2S. The fraction of sp³-hybridized carbons (Fsp3) is 0.143. The number of hydrogen-bond donors (Lipinski definition) is 1. The van der Waals surface area contributed by atoms with Crippen LogP contribution in [0.4, 0.5) is 5.69 Å². The second-order valence-corrected chi connectivity index (χ2v) is 6.70. The van der Waals surface area contributed by atoms with Crippen LogP contribution < -0.4 is 4.90 Å². The minimum atomic E-state index is -3.69. The lowest BCUT2D eigenvalue weighted by molar-refractivity contribution is 0.593. The first-order valence-electron chi connectivity index (χ1n) is 6.32. The van der Waals surface area contributed by atoms with Crippen molar-refractivity contribution in [1.82, 2.24) is 15.4 Å². The highest BCUT2D eigenvalue weighted by atomic mass is 32.2. The van der Waals surface area contributed by atoms with Crippen molar-refractivity contribution in [3.05, 3.63) is 42.6 Å². The summed E-state index contributed by atoms with van der Waals surface area (Å²) in [6.45, 7) is 0. The van der Waals surface area contributed by atoms with Gasteiger partial charge in [-0.05, 0) is 12.1 Å². The number of hydrogen-bond acceptors (Lipinski definition) is 5. The number of nitrogens with zero attached hydrogens (tertiary/aromatic N) is 3. The Bertz CT molecular complexity index is 886. The maximum atomic E-state index is 12.7. The first-order valence-corrected chi connectivity index (χ1v) is 7.80. The average molecular weight is 302 g/mol. The van der Waals surface area contributed by atoms with Crippen LogP contribution in [0, 0.1) is 0 Å². The number of anilines is 1. The average Bonchev–Trinajstić information content (AvgIpc) is 3.00. The van der Waals surface area contributed by atoms with Gasteiger partial charge in [-0.3, -0.25) is 0 Å². The molecule has 0 saturated carbocycles. The van der Waals surface area contributed by atoms with Crippen molar-refractivity contribution in [3.8, 4) is 0 Å². The highest BCUT2D eigenvalue weighted by Crippen LogP contribution is 2.32. The smallest absolute Gasteiger partial charge is 0.227 e. The number of rotatable bonds is 3. The third-order valence-corrected chi connectivity index (χ3v) is 4.98. The largest absolute Gasteiger partial charge is 0.377 e. The molecule has 3 aromatic rings. The maximum Gasteiger partial charge on any atom is 0.227 e. The molecule has 21 heavy (non-hydrogen) atoms. The number of H-pyrrole nitrogens is 1. The van der Waals surface area contributed by atoms with E-state index < -0.39 is 9.84 Å². The zero-order valence-electron chi connectivity index (χ0n) is 11.6. The number of sulfone groups is 1. The molecule has 0 fully saturated rings. The minimum absolute atomic E-state index is 0.0785. The molecule has 1 heterocycles. The molecule has 0 unspecified atom stereocenters. The normalized spacial score (nSPS) is 11.7. The number of nitrogens with one attached hydrogen (secondary N) is 1. The zero-order chi connectivity index (χ0) is 15.0. The lowest BCUT2D eigenvalue weighted by atomic mass is 10.1. The molecule has 0 saturated heterocycles. The molecule has 0 atom stereocenters.